The molecule has 2 atom stereocenters. The smallest absolute Gasteiger partial charge is 0.259 e. The molecule has 0 radical (unpaired) electrons. The van der Waals surface area contributed by atoms with Crippen LogP contribution in [0.2, 0.25) is 5.02 Å². The SMILES string of the molecule is CC(=O)C1=NN(c2ccc(Br)cc2)[C@@H]2C(=O)N(c3ccccc3Cl)C(=O)[C@H]12. The van der Waals surface area contributed by atoms with E-state index in [2.05, 4.69) is 21.0 Å². The maximum Gasteiger partial charge on any atom is 0.259 e. The molecule has 2 heterocycles. The summed E-state index contributed by atoms with van der Waals surface area (Å²) >= 11 is 9.56. The number of hydrogen-bond acceptors (Lipinski definition) is 5. The predicted molar refractivity (Wildman–Crippen MR) is 106 cm³/mol. The Morgan fingerprint density at radius 2 is 1.74 bits per heavy atom. The standard InChI is InChI=1S/C19H13BrClN3O3/c1-10(25)16-15-17(24(22-16)12-8-6-11(20)7-9-12)19(27)23(18(15)26)14-5-3-2-4-13(14)21/h2-9,15,17H,1H3/t15-,17+/m1/s1. The lowest BCUT2D eigenvalue weighted by atomic mass is 9.95. The molecular weight excluding hydrogens is 434 g/mol. The summed E-state index contributed by atoms with van der Waals surface area (Å²) in [6.07, 6.45) is 0. The molecule has 0 unspecified atom stereocenters. The molecule has 4 rings (SSSR count). The first-order chi connectivity index (χ1) is 12.9. The van der Waals surface area contributed by atoms with Crippen molar-refractivity contribution < 1.29 is 14.4 Å². The van der Waals surface area contributed by atoms with E-state index in [1.54, 1.807) is 48.5 Å². The van der Waals surface area contributed by atoms with Crippen LogP contribution in [0.4, 0.5) is 11.4 Å². The average Bonchev–Trinajstić information content (AvgIpc) is 3.15. The second-order valence-corrected chi connectivity index (χ2v) is 7.57. The van der Waals surface area contributed by atoms with E-state index < -0.39 is 23.8 Å². The number of carbonyl (C=O) groups excluding carboxylic acids is 3. The molecule has 0 bridgehead atoms. The minimum absolute atomic E-state index is 0.0795. The van der Waals surface area contributed by atoms with Crippen molar-refractivity contribution in [2.24, 2.45) is 11.0 Å². The highest BCUT2D eigenvalue weighted by Crippen LogP contribution is 2.39. The lowest BCUT2D eigenvalue weighted by molar-refractivity contribution is -0.122. The number of nitrogens with zero attached hydrogens (tertiary/aromatic N) is 3. The van der Waals surface area contributed by atoms with Crippen LogP contribution in [0.3, 0.4) is 0 Å². The van der Waals surface area contributed by atoms with Gasteiger partial charge in [-0.25, -0.2) is 4.90 Å². The summed E-state index contributed by atoms with van der Waals surface area (Å²) in [6.45, 7) is 1.34. The van der Waals surface area contributed by atoms with Crippen LogP contribution in [-0.2, 0) is 14.4 Å². The van der Waals surface area contributed by atoms with Gasteiger partial charge in [0, 0.05) is 11.4 Å². The Hall–Kier alpha value is -2.51. The molecule has 1 fully saturated rings. The Morgan fingerprint density at radius 1 is 1.07 bits per heavy atom. The summed E-state index contributed by atoms with van der Waals surface area (Å²) in [5, 5.41) is 6.04. The number of fused-ring (bicyclic) bond motifs is 1. The first kappa shape index (κ1) is 17.9. The maximum absolute atomic E-state index is 13.2. The van der Waals surface area contributed by atoms with E-state index in [0.29, 0.717) is 11.4 Å². The van der Waals surface area contributed by atoms with Gasteiger partial charge in [0.1, 0.15) is 17.7 Å². The second-order valence-electron chi connectivity index (χ2n) is 6.25. The molecule has 6 nitrogen and oxygen atoms in total. The number of para-hydroxylation sites is 1. The van der Waals surface area contributed by atoms with E-state index in [4.69, 9.17) is 11.6 Å². The lowest BCUT2D eigenvalue weighted by Crippen LogP contribution is -2.39. The Bertz CT molecular complexity index is 1010. The number of anilines is 2. The van der Waals surface area contributed by atoms with E-state index in [-0.39, 0.29) is 16.5 Å². The van der Waals surface area contributed by atoms with Crippen molar-refractivity contribution in [3.05, 3.63) is 58.0 Å². The van der Waals surface area contributed by atoms with E-state index in [9.17, 15) is 14.4 Å². The van der Waals surface area contributed by atoms with Gasteiger partial charge in [0.25, 0.3) is 5.91 Å². The van der Waals surface area contributed by atoms with Crippen molar-refractivity contribution in [2.45, 2.75) is 13.0 Å². The van der Waals surface area contributed by atoms with Crippen molar-refractivity contribution in [2.75, 3.05) is 9.91 Å². The van der Waals surface area contributed by atoms with Crippen LogP contribution >= 0.6 is 27.5 Å². The molecule has 0 saturated carbocycles. The van der Waals surface area contributed by atoms with Gasteiger partial charge in [-0.2, -0.15) is 5.10 Å². The van der Waals surface area contributed by atoms with Gasteiger partial charge >= 0.3 is 0 Å². The number of benzene rings is 2. The largest absolute Gasteiger partial charge is 0.293 e. The topological polar surface area (TPSA) is 70.1 Å². The summed E-state index contributed by atoms with van der Waals surface area (Å²) in [6, 6.07) is 12.9. The van der Waals surface area contributed by atoms with Gasteiger partial charge in [0.05, 0.1) is 16.4 Å². The van der Waals surface area contributed by atoms with Gasteiger partial charge in [0.15, 0.2) is 5.78 Å². The van der Waals surface area contributed by atoms with Crippen molar-refractivity contribution in [1.82, 2.24) is 0 Å². The highest BCUT2D eigenvalue weighted by Gasteiger charge is 2.58. The number of halogens is 2. The third kappa shape index (κ3) is 2.78. The summed E-state index contributed by atoms with van der Waals surface area (Å²) in [5.74, 6) is -2.24. The molecule has 0 N–H and O–H groups in total. The van der Waals surface area contributed by atoms with Gasteiger partial charge in [-0.05, 0) is 36.4 Å². The number of carbonyl (C=O) groups is 3. The second kappa shape index (κ2) is 6.58. The number of imide groups is 1. The van der Waals surface area contributed by atoms with Crippen molar-refractivity contribution in [1.29, 1.82) is 0 Å². The fourth-order valence-electron chi connectivity index (χ4n) is 3.38. The van der Waals surface area contributed by atoms with Crippen LogP contribution in [0.15, 0.2) is 58.1 Å². The molecule has 8 heteroatoms. The molecule has 2 amide bonds. The minimum Gasteiger partial charge on any atom is -0.293 e. The van der Waals surface area contributed by atoms with Gasteiger partial charge in [-0.3, -0.25) is 19.4 Å². The third-order valence-corrected chi connectivity index (χ3v) is 5.44. The van der Waals surface area contributed by atoms with Crippen LogP contribution in [0.1, 0.15) is 6.92 Å². The minimum atomic E-state index is -0.949. The molecular formula is C19H13BrClN3O3. The summed E-state index contributed by atoms with van der Waals surface area (Å²) in [7, 11) is 0. The number of amides is 2. The van der Waals surface area contributed by atoms with E-state index in [1.807, 2.05) is 0 Å². The predicted octanol–water partition coefficient (Wildman–Crippen LogP) is 3.43. The molecule has 27 heavy (non-hydrogen) atoms. The first-order valence-electron chi connectivity index (χ1n) is 8.16. The van der Waals surface area contributed by atoms with Gasteiger partial charge < -0.3 is 0 Å². The summed E-state index contributed by atoms with van der Waals surface area (Å²) < 4.78 is 0.865. The van der Waals surface area contributed by atoms with Crippen LogP contribution < -0.4 is 9.91 Å². The quantitative estimate of drug-likeness (QED) is 0.678. The summed E-state index contributed by atoms with van der Waals surface area (Å²) in [4.78, 5) is 39.4. The molecule has 0 aromatic heterocycles. The van der Waals surface area contributed by atoms with E-state index >= 15 is 0 Å². The first-order valence-corrected chi connectivity index (χ1v) is 9.34. The molecule has 1 saturated heterocycles. The number of rotatable bonds is 3. The molecule has 2 aliphatic rings. The Balaban J connectivity index is 1.82. The molecule has 0 spiro atoms. The van der Waals surface area contributed by atoms with Crippen LogP contribution in [-0.4, -0.2) is 29.4 Å². The van der Waals surface area contributed by atoms with Crippen molar-refractivity contribution in [3.8, 4) is 0 Å². The lowest BCUT2D eigenvalue weighted by Gasteiger charge is -2.22. The zero-order valence-corrected chi connectivity index (χ0v) is 16.4. The van der Waals surface area contributed by atoms with Gasteiger partial charge in [-0.15, -0.1) is 0 Å². The van der Waals surface area contributed by atoms with E-state index in [0.717, 1.165) is 9.37 Å². The highest BCUT2D eigenvalue weighted by atomic mass is 79.9. The van der Waals surface area contributed by atoms with Crippen LogP contribution in [0, 0.1) is 5.92 Å². The number of hydrazone groups is 1. The van der Waals surface area contributed by atoms with Gasteiger partial charge in [-0.1, -0.05) is 39.7 Å². The zero-order chi connectivity index (χ0) is 19.3. The highest BCUT2D eigenvalue weighted by molar-refractivity contribution is 9.10. The molecule has 0 aliphatic carbocycles. The zero-order valence-electron chi connectivity index (χ0n) is 14.1. The van der Waals surface area contributed by atoms with Gasteiger partial charge in [0.2, 0.25) is 5.91 Å². The van der Waals surface area contributed by atoms with Crippen molar-refractivity contribution in [3.63, 3.8) is 0 Å². The maximum atomic E-state index is 13.2. The van der Waals surface area contributed by atoms with E-state index in [1.165, 1.54) is 11.9 Å². The normalized spacial score (nSPS) is 21.5. The third-order valence-electron chi connectivity index (χ3n) is 4.59. The molecule has 136 valence electrons. The Morgan fingerprint density at radius 3 is 2.37 bits per heavy atom. The van der Waals surface area contributed by atoms with Crippen LogP contribution in [0.25, 0.3) is 0 Å². The van der Waals surface area contributed by atoms with Crippen molar-refractivity contribution >= 4 is 62.2 Å². The number of hydrogen-bond donors (Lipinski definition) is 0. The Kier molecular flexibility index (Phi) is 4.36. The monoisotopic (exact) mass is 445 g/mol. The average molecular weight is 447 g/mol. The fraction of sp³-hybridized carbons (Fsp3) is 0.158. The molecule has 2 aliphatic heterocycles. The fourth-order valence-corrected chi connectivity index (χ4v) is 3.87. The molecule has 2 aromatic rings. The van der Waals surface area contributed by atoms with Crippen LogP contribution in [0.5, 0.6) is 0 Å². The molecule has 2 aromatic carbocycles. The number of Topliss-reactive ketones (excluding diaryl/α,β-unsaturated/α-hetero) is 1. The Labute approximate surface area is 168 Å². The number of ketones is 1. The summed E-state index contributed by atoms with van der Waals surface area (Å²) in [5.41, 5.74) is 1.00.